The summed E-state index contributed by atoms with van der Waals surface area (Å²) in [6.45, 7) is 0. The van der Waals surface area contributed by atoms with Gasteiger partial charge in [0.2, 0.25) is 5.82 Å². The lowest BCUT2D eigenvalue weighted by Crippen LogP contribution is -2.18. The molecule has 4 rings (SSSR count). The zero-order valence-electron chi connectivity index (χ0n) is 17.3. The van der Waals surface area contributed by atoms with Crippen LogP contribution in [0, 0.1) is 10.1 Å². The van der Waals surface area contributed by atoms with Crippen molar-refractivity contribution >= 4 is 33.9 Å². The number of carbonyl (C=O) groups excluding carboxylic acids is 1. The van der Waals surface area contributed by atoms with Crippen molar-refractivity contribution in [3.63, 3.8) is 0 Å². The van der Waals surface area contributed by atoms with Crippen LogP contribution in [0.25, 0.3) is 10.8 Å². The Morgan fingerprint density at radius 2 is 1.72 bits per heavy atom. The minimum absolute atomic E-state index is 0.0304. The average Bonchev–Trinajstić information content (AvgIpc) is 2.82. The molecule has 0 saturated heterocycles. The first-order valence-corrected chi connectivity index (χ1v) is 9.56. The van der Waals surface area contributed by atoms with Gasteiger partial charge in [0.15, 0.2) is 0 Å². The predicted octanol–water partition coefficient (Wildman–Crippen LogP) is 4.88. The minimum atomic E-state index is -0.608. The lowest BCUT2D eigenvalue weighted by Gasteiger charge is -2.20. The third kappa shape index (κ3) is 3.91. The first kappa shape index (κ1) is 20.7. The molecule has 0 saturated carbocycles. The van der Waals surface area contributed by atoms with E-state index in [0.717, 1.165) is 10.8 Å². The quantitative estimate of drug-likeness (QED) is 0.242. The molecule has 3 aromatic carbocycles. The summed E-state index contributed by atoms with van der Waals surface area (Å²) < 4.78 is 10.6. The van der Waals surface area contributed by atoms with Gasteiger partial charge in [0.05, 0.1) is 23.3 Å². The molecule has 32 heavy (non-hydrogen) atoms. The van der Waals surface area contributed by atoms with Gasteiger partial charge in [-0.3, -0.25) is 10.1 Å². The molecule has 160 valence electrons. The zero-order valence-corrected chi connectivity index (χ0v) is 17.3. The van der Waals surface area contributed by atoms with E-state index >= 15 is 0 Å². The largest absolute Gasteiger partial charge is 0.465 e. The fourth-order valence-electron chi connectivity index (χ4n) is 3.34. The van der Waals surface area contributed by atoms with Crippen molar-refractivity contribution in [2.75, 3.05) is 19.1 Å². The van der Waals surface area contributed by atoms with E-state index in [-0.39, 0.29) is 17.3 Å². The summed E-state index contributed by atoms with van der Waals surface area (Å²) in [5.74, 6) is -0.416. The molecule has 4 aromatic rings. The van der Waals surface area contributed by atoms with Crippen LogP contribution in [-0.4, -0.2) is 35.0 Å². The van der Waals surface area contributed by atoms with E-state index in [1.165, 1.54) is 18.3 Å². The number of methoxy groups -OCH3 is 1. The van der Waals surface area contributed by atoms with Crippen LogP contribution in [0.2, 0.25) is 0 Å². The van der Waals surface area contributed by atoms with Crippen molar-refractivity contribution in [3.8, 4) is 11.6 Å². The Balaban J connectivity index is 1.77. The Morgan fingerprint density at radius 3 is 2.47 bits per heavy atom. The van der Waals surface area contributed by atoms with E-state index in [9.17, 15) is 14.9 Å². The summed E-state index contributed by atoms with van der Waals surface area (Å²) in [4.78, 5) is 33.1. The first-order chi connectivity index (χ1) is 15.5. The summed E-state index contributed by atoms with van der Waals surface area (Å²) in [5.41, 5.74) is 0.197. The number of benzene rings is 3. The predicted molar refractivity (Wildman–Crippen MR) is 119 cm³/mol. The molecule has 0 fully saturated rings. The molecule has 0 bridgehead atoms. The third-order valence-corrected chi connectivity index (χ3v) is 4.88. The summed E-state index contributed by atoms with van der Waals surface area (Å²) in [6, 6.07) is 19.6. The maximum Gasteiger partial charge on any atom is 0.373 e. The summed E-state index contributed by atoms with van der Waals surface area (Å²) >= 11 is 0. The Kier molecular flexibility index (Phi) is 5.63. The average molecular weight is 430 g/mol. The van der Waals surface area contributed by atoms with Gasteiger partial charge >= 0.3 is 17.5 Å². The highest BCUT2D eigenvalue weighted by atomic mass is 16.6. The number of hydrogen-bond acceptors (Lipinski definition) is 8. The molecule has 1 aromatic heterocycles. The molecule has 0 aliphatic carbocycles. The van der Waals surface area contributed by atoms with Crippen LogP contribution >= 0.6 is 0 Å². The van der Waals surface area contributed by atoms with Crippen LogP contribution in [0.5, 0.6) is 11.6 Å². The monoisotopic (exact) mass is 430 g/mol. The second kappa shape index (κ2) is 8.68. The van der Waals surface area contributed by atoms with Crippen molar-refractivity contribution in [3.05, 3.63) is 88.7 Å². The number of fused-ring (bicyclic) bond motifs is 1. The van der Waals surface area contributed by atoms with Gasteiger partial charge in [-0.05, 0) is 35.0 Å². The number of nitro groups is 1. The number of rotatable bonds is 6. The van der Waals surface area contributed by atoms with E-state index in [1.54, 1.807) is 43.4 Å². The first-order valence-electron chi connectivity index (χ1n) is 9.56. The van der Waals surface area contributed by atoms with E-state index in [2.05, 4.69) is 9.97 Å². The van der Waals surface area contributed by atoms with Crippen molar-refractivity contribution in [2.24, 2.45) is 0 Å². The normalized spacial score (nSPS) is 10.6. The molecular formula is C23H18N4O5. The number of hydrogen-bond donors (Lipinski definition) is 0. The molecule has 1 heterocycles. The highest BCUT2D eigenvalue weighted by molar-refractivity contribution is 5.97. The number of anilines is 2. The number of para-hydroxylation sites is 1. The molecule has 0 aliphatic heterocycles. The topological polar surface area (TPSA) is 108 Å². The maximum atomic E-state index is 12.2. The fourth-order valence-corrected chi connectivity index (χ4v) is 3.34. The number of aromatic nitrogens is 2. The van der Waals surface area contributed by atoms with E-state index in [1.807, 2.05) is 30.3 Å². The lowest BCUT2D eigenvalue weighted by molar-refractivity contribution is -0.385. The molecule has 0 amide bonds. The Labute approximate surface area is 183 Å². The molecule has 0 atom stereocenters. The van der Waals surface area contributed by atoms with Crippen LogP contribution in [0.15, 0.2) is 73.1 Å². The minimum Gasteiger partial charge on any atom is -0.465 e. The molecule has 0 unspecified atom stereocenters. The Bertz CT molecular complexity index is 1320. The second-order valence-electron chi connectivity index (χ2n) is 6.79. The molecule has 0 aliphatic rings. The van der Waals surface area contributed by atoms with Gasteiger partial charge < -0.3 is 14.4 Å². The van der Waals surface area contributed by atoms with E-state index in [4.69, 9.17) is 9.47 Å². The van der Waals surface area contributed by atoms with Gasteiger partial charge in [-0.15, -0.1) is 0 Å². The van der Waals surface area contributed by atoms with E-state index in [0.29, 0.717) is 11.4 Å². The van der Waals surface area contributed by atoms with Crippen LogP contribution in [0.4, 0.5) is 17.2 Å². The van der Waals surface area contributed by atoms with Gasteiger partial charge in [0.1, 0.15) is 12.1 Å². The van der Waals surface area contributed by atoms with Crippen molar-refractivity contribution < 1.29 is 19.2 Å². The van der Waals surface area contributed by atoms with Crippen molar-refractivity contribution in [1.29, 1.82) is 0 Å². The smallest absolute Gasteiger partial charge is 0.373 e. The van der Waals surface area contributed by atoms with Crippen LogP contribution in [-0.2, 0) is 4.74 Å². The van der Waals surface area contributed by atoms with Gasteiger partial charge in [-0.25, -0.2) is 9.78 Å². The van der Waals surface area contributed by atoms with Crippen molar-refractivity contribution in [2.45, 2.75) is 0 Å². The summed E-state index contributed by atoms with van der Waals surface area (Å²) in [6.07, 6.45) is 1.18. The number of carbonyl (C=O) groups is 1. The standard InChI is InChI=1S/C23H18N4O5/c1-26(19-10-6-5-9-18(19)23(28)31-2)21-20(27(29)30)22(25-14-24-21)32-17-12-11-15-7-3-4-8-16(15)13-17/h3-14H,1-2H3. The van der Waals surface area contributed by atoms with Gasteiger partial charge in [0, 0.05) is 7.05 Å². The van der Waals surface area contributed by atoms with Gasteiger partial charge in [-0.1, -0.05) is 42.5 Å². The van der Waals surface area contributed by atoms with Gasteiger partial charge in [-0.2, -0.15) is 4.98 Å². The Hall–Kier alpha value is -4.53. The van der Waals surface area contributed by atoms with Gasteiger partial charge in [0.25, 0.3) is 0 Å². The number of esters is 1. The van der Waals surface area contributed by atoms with E-state index < -0.39 is 16.6 Å². The highest BCUT2D eigenvalue weighted by Gasteiger charge is 2.29. The van der Waals surface area contributed by atoms with Crippen LogP contribution in [0.1, 0.15) is 10.4 Å². The zero-order chi connectivity index (χ0) is 22.7. The molecule has 0 radical (unpaired) electrons. The summed E-state index contributed by atoms with van der Waals surface area (Å²) in [7, 11) is 2.83. The van der Waals surface area contributed by atoms with Crippen LogP contribution in [0.3, 0.4) is 0 Å². The lowest BCUT2D eigenvalue weighted by atomic mass is 10.1. The second-order valence-corrected chi connectivity index (χ2v) is 6.79. The summed E-state index contributed by atoms with van der Waals surface area (Å²) in [5, 5.41) is 13.9. The van der Waals surface area contributed by atoms with Crippen molar-refractivity contribution in [1.82, 2.24) is 9.97 Å². The molecule has 0 N–H and O–H groups in total. The third-order valence-electron chi connectivity index (χ3n) is 4.88. The highest BCUT2D eigenvalue weighted by Crippen LogP contribution is 2.39. The molecule has 0 spiro atoms. The van der Waals surface area contributed by atoms with Crippen LogP contribution < -0.4 is 9.64 Å². The SMILES string of the molecule is COC(=O)c1ccccc1N(C)c1ncnc(Oc2ccc3ccccc3c2)c1[N+](=O)[O-]. The number of nitrogens with zero attached hydrogens (tertiary/aromatic N) is 4. The Morgan fingerprint density at radius 1 is 1.00 bits per heavy atom. The molecule has 9 heteroatoms. The molecular weight excluding hydrogens is 412 g/mol. The molecule has 9 nitrogen and oxygen atoms in total. The number of ether oxygens (including phenoxy) is 2. The maximum absolute atomic E-state index is 12.2. The fraction of sp³-hybridized carbons (Fsp3) is 0.0870.